The lowest BCUT2D eigenvalue weighted by Gasteiger charge is -2.35. The summed E-state index contributed by atoms with van der Waals surface area (Å²) < 4.78 is 12.0. The number of rotatable bonds is 4. The molecule has 4 fully saturated rings. The van der Waals surface area contributed by atoms with Gasteiger partial charge in [-0.15, -0.1) is 4.91 Å². The summed E-state index contributed by atoms with van der Waals surface area (Å²) in [6.07, 6.45) is 5.67. The molecule has 0 amide bonds. The van der Waals surface area contributed by atoms with Gasteiger partial charge in [-0.05, 0) is 55.1 Å². The van der Waals surface area contributed by atoms with Gasteiger partial charge in [-0.3, -0.25) is 0 Å². The van der Waals surface area contributed by atoms with E-state index in [1.165, 1.54) is 0 Å². The Hall–Kier alpha value is -2.58. The summed E-state index contributed by atoms with van der Waals surface area (Å²) in [4.78, 5) is 25.3. The number of aromatic nitrogens is 2. The minimum absolute atomic E-state index is 0.294. The minimum Gasteiger partial charge on any atom is -0.371 e. The van der Waals surface area contributed by atoms with Crippen molar-refractivity contribution in [3.8, 4) is 11.4 Å². The molecular weight excluding hydrogens is 382 g/mol. The lowest BCUT2D eigenvalue weighted by molar-refractivity contribution is 0.0299. The van der Waals surface area contributed by atoms with Crippen molar-refractivity contribution in [3.05, 3.63) is 35.2 Å². The van der Waals surface area contributed by atoms with Crippen molar-refractivity contribution < 1.29 is 9.47 Å². The number of benzene rings is 1. The van der Waals surface area contributed by atoms with Crippen molar-refractivity contribution in [2.45, 2.75) is 50.1 Å². The lowest BCUT2D eigenvalue weighted by atomic mass is 10.2. The molecule has 8 nitrogen and oxygen atoms in total. The number of hydrogen-bond acceptors (Lipinski definition) is 8. The highest BCUT2D eigenvalue weighted by atomic mass is 16.5. The van der Waals surface area contributed by atoms with Crippen LogP contribution >= 0.6 is 0 Å². The Morgan fingerprint density at radius 2 is 1.23 bits per heavy atom. The monoisotopic (exact) mass is 407 g/mol. The number of ether oxygens (including phenoxy) is 2. The molecule has 1 aromatic heterocycles. The van der Waals surface area contributed by atoms with E-state index in [2.05, 4.69) is 21.0 Å². The van der Waals surface area contributed by atoms with Crippen LogP contribution in [0.15, 0.2) is 35.5 Å². The molecule has 4 aliphatic heterocycles. The highest BCUT2D eigenvalue weighted by Crippen LogP contribution is 2.34. The fraction of sp³-hybridized carbons (Fsp3) is 0.545. The first-order chi connectivity index (χ1) is 14.7. The van der Waals surface area contributed by atoms with Crippen LogP contribution in [0.5, 0.6) is 0 Å². The summed E-state index contributed by atoms with van der Waals surface area (Å²) in [5.41, 5.74) is 1.29. The van der Waals surface area contributed by atoms with Crippen molar-refractivity contribution in [3.63, 3.8) is 0 Å². The average molecular weight is 407 g/mol. The SMILES string of the molecule is O=Nc1ccc(-c2nc(N3CC4CC[C@@H](C3)O4)cc(N3CC4CC[C@@H](C3)O4)n2)cc1. The van der Waals surface area contributed by atoms with Crippen molar-refractivity contribution in [2.75, 3.05) is 36.0 Å². The molecule has 4 bridgehead atoms. The first kappa shape index (κ1) is 18.2. The van der Waals surface area contributed by atoms with E-state index >= 15 is 0 Å². The van der Waals surface area contributed by atoms with Crippen LogP contribution in [-0.4, -0.2) is 60.6 Å². The maximum atomic E-state index is 10.8. The van der Waals surface area contributed by atoms with Gasteiger partial charge in [0.15, 0.2) is 5.82 Å². The second kappa shape index (κ2) is 7.28. The molecule has 4 aliphatic rings. The van der Waals surface area contributed by atoms with Crippen molar-refractivity contribution >= 4 is 17.3 Å². The molecule has 0 saturated carbocycles. The number of nitroso groups, excluding NO2 is 1. The van der Waals surface area contributed by atoms with E-state index in [1.807, 2.05) is 12.1 Å². The number of anilines is 2. The summed E-state index contributed by atoms with van der Waals surface area (Å²) >= 11 is 0. The van der Waals surface area contributed by atoms with E-state index in [0.717, 1.165) is 69.1 Å². The van der Waals surface area contributed by atoms with E-state index in [1.54, 1.807) is 12.1 Å². The van der Waals surface area contributed by atoms with Gasteiger partial charge >= 0.3 is 0 Å². The van der Waals surface area contributed by atoms with Crippen molar-refractivity contribution in [2.24, 2.45) is 5.18 Å². The smallest absolute Gasteiger partial charge is 0.163 e. The molecular formula is C22H25N5O3. The van der Waals surface area contributed by atoms with Gasteiger partial charge in [-0.25, -0.2) is 9.97 Å². The normalized spacial score (nSPS) is 30.0. The molecule has 0 N–H and O–H groups in total. The molecule has 0 aliphatic carbocycles. The third kappa shape index (κ3) is 3.33. The zero-order valence-electron chi connectivity index (χ0n) is 16.8. The third-order valence-corrected chi connectivity index (χ3v) is 6.67. The second-order valence-electron chi connectivity index (χ2n) is 8.77. The fourth-order valence-electron chi connectivity index (χ4n) is 5.15. The molecule has 1 aromatic carbocycles. The summed E-state index contributed by atoms with van der Waals surface area (Å²) in [6.45, 7) is 3.48. The third-order valence-electron chi connectivity index (χ3n) is 6.67. The average Bonchev–Trinajstić information content (AvgIpc) is 3.32. The molecule has 2 aromatic rings. The fourth-order valence-corrected chi connectivity index (χ4v) is 5.15. The van der Waals surface area contributed by atoms with E-state index in [-0.39, 0.29) is 0 Å². The molecule has 4 saturated heterocycles. The number of morpholine rings is 2. The van der Waals surface area contributed by atoms with Gasteiger partial charge < -0.3 is 19.3 Å². The standard InChI is InChI=1S/C22H25N5O3/c28-25-15-3-1-14(2-4-15)22-23-20(26-10-16-5-6-17(11-26)29-16)9-21(24-22)27-12-18-7-8-19(13-27)30-18/h1-4,9,16-19H,5-8,10-13H2/t16-,17?,18-,19?/m0/s1. The summed E-state index contributed by atoms with van der Waals surface area (Å²) in [5, 5.41) is 3.00. The molecule has 0 radical (unpaired) electrons. The van der Waals surface area contributed by atoms with E-state index in [4.69, 9.17) is 19.4 Å². The van der Waals surface area contributed by atoms with Crippen LogP contribution in [-0.2, 0) is 9.47 Å². The Morgan fingerprint density at radius 3 is 1.67 bits per heavy atom. The summed E-state index contributed by atoms with van der Waals surface area (Å²) in [5.74, 6) is 2.58. The van der Waals surface area contributed by atoms with Gasteiger partial charge in [0, 0.05) is 37.8 Å². The zero-order valence-corrected chi connectivity index (χ0v) is 16.8. The lowest BCUT2D eigenvalue weighted by Crippen LogP contribution is -2.44. The van der Waals surface area contributed by atoms with Crippen LogP contribution < -0.4 is 9.80 Å². The van der Waals surface area contributed by atoms with Crippen LogP contribution in [0.4, 0.5) is 17.3 Å². The van der Waals surface area contributed by atoms with E-state index < -0.39 is 0 Å². The van der Waals surface area contributed by atoms with Gasteiger partial charge in [-0.1, -0.05) is 0 Å². The van der Waals surface area contributed by atoms with Gasteiger partial charge in [0.2, 0.25) is 0 Å². The molecule has 2 unspecified atom stereocenters. The number of hydrogen-bond donors (Lipinski definition) is 0. The summed E-state index contributed by atoms with van der Waals surface area (Å²) in [6, 6.07) is 9.28. The Bertz CT molecular complexity index is 880. The molecule has 30 heavy (non-hydrogen) atoms. The van der Waals surface area contributed by atoms with Gasteiger partial charge in [0.05, 0.1) is 24.4 Å². The highest BCUT2D eigenvalue weighted by Gasteiger charge is 2.36. The molecule has 0 spiro atoms. The van der Waals surface area contributed by atoms with Crippen molar-refractivity contribution in [1.82, 2.24) is 9.97 Å². The Kier molecular flexibility index (Phi) is 4.42. The summed E-state index contributed by atoms with van der Waals surface area (Å²) in [7, 11) is 0. The molecule has 4 atom stereocenters. The molecule has 5 heterocycles. The number of nitrogens with zero attached hydrogens (tertiary/aromatic N) is 5. The molecule has 6 rings (SSSR count). The highest BCUT2D eigenvalue weighted by molar-refractivity contribution is 5.64. The van der Waals surface area contributed by atoms with Crippen LogP contribution in [0.25, 0.3) is 11.4 Å². The molecule has 8 heteroatoms. The van der Waals surface area contributed by atoms with Crippen LogP contribution in [0.3, 0.4) is 0 Å². The maximum Gasteiger partial charge on any atom is 0.163 e. The van der Waals surface area contributed by atoms with E-state index in [0.29, 0.717) is 35.9 Å². The predicted octanol–water partition coefficient (Wildman–Crippen LogP) is 3.28. The van der Waals surface area contributed by atoms with Gasteiger partial charge in [0.25, 0.3) is 0 Å². The van der Waals surface area contributed by atoms with Gasteiger partial charge in [0.1, 0.15) is 17.3 Å². The van der Waals surface area contributed by atoms with Crippen molar-refractivity contribution in [1.29, 1.82) is 0 Å². The molecule has 156 valence electrons. The first-order valence-electron chi connectivity index (χ1n) is 10.9. The van der Waals surface area contributed by atoms with Crippen LogP contribution in [0, 0.1) is 4.91 Å². The first-order valence-corrected chi connectivity index (χ1v) is 10.9. The maximum absolute atomic E-state index is 10.8. The Labute approximate surface area is 175 Å². The number of fused-ring (bicyclic) bond motifs is 4. The second-order valence-corrected chi connectivity index (χ2v) is 8.77. The predicted molar refractivity (Wildman–Crippen MR) is 113 cm³/mol. The Morgan fingerprint density at radius 1 is 0.767 bits per heavy atom. The minimum atomic E-state index is 0.294. The largest absolute Gasteiger partial charge is 0.371 e. The zero-order chi connectivity index (χ0) is 20.1. The quantitative estimate of drug-likeness (QED) is 0.720. The van der Waals surface area contributed by atoms with E-state index in [9.17, 15) is 4.91 Å². The topological polar surface area (TPSA) is 80.2 Å². The van der Waals surface area contributed by atoms with Crippen LogP contribution in [0.1, 0.15) is 25.7 Å². The van der Waals surface area contributed by atoms with Crippen LogP contribution in [0.2, 0.25) is 0 Å². The Balaban J connectivity index is 1.38. The van der Waals surface area contributed by atoms with Gasteiger partial charge in [-0.2, -0.15) is 0 Å².